The van der Waals surface area contributed by atoms with Crippen LogP contribution < -0.4 is 14.4 Å². The van der Waals surface area contributed by atoms with Gasteiger partial charge in [-0.2, -0.15) is 0 Å². The van der Waals surface area contributed by atoms with Crippen LogP contribution in [0.2, 0.25) is 5.02 Å². The Morgan fingerprint density at radius 3 is 2.32 bits per heavy atom. The van der Waals surface area contributed by atoms with E-state index in [9.17, 15) is 14.7 Å². The molecule has 0 bridgehead atoms. The normalized spacial score (nSPS) is 16.9. The topological polar surface area (TPSA) is 76.1 Å². The second kappa shape index (κ2) is 11.1. The van der Waals surface area contributed by atoms with Crippen LogP contribution >= 0.6 is 11.6 Å². The number of carbonyl (C=O) groups excluding carboxylic acids is 2. The molecule has 1 aliphatic heterocycles. The van der Waals surface area contributed by atoms with Crippen LogP contribution in [0.15, 0.2) is 72.3 Å². The van der Waals surface area contributed by atoms with Gasteiger partial charge in [0, 0.05) is 22.3 Å². The van der Waals surface area contributed by atoms with Crippen LogP contribution in [0.1, 0.15) is 56.3 Å². The van der Waals surface area contributed by atoms with Crippen LogP contribution in [0, 0.1) is 0 Å². The Kier molecular flexibility index (Phi) is 7.89. The van der Waals surface area contributed by atoms with Gasteiger partial charge in [-0.3, -0.25) is 14.5 Å². The van der Waals surface area contributed by atoms with Crippen LogP contribution in [0.4, 0.5) is 5.69 Å². The van der Waals surface area contributed by atoms with Crippen LogP contribution in [-0.4, -0.2) is 30.0 Å². The molecule has 0 radical (unpaired) electrons. The molecule has 1 unspecified atom stereocenters. The van der Waals surface area contributed by atoms with Crippen LogP contribution in [0.3, 0.4) is 0 Å². The lowest BCUT2D eigenvalue weighted by molar-refractivity contribution is -0.132. The van der Waals surface area contributed by atoms with Crippen molar-refractivity contribution in [2.24, 2.45) is 0 Å². The average Bonchev–Trinajstić information content (AvgIpc) is 3.15. The lowest BCUT2D eigenvalue weighted by Gasteiger charge is -2.26. The number of halogens is 1. The zero-order valence-corrected chi connectivity index (χ0v) is 22.1. The van der Waals surface area contributed by atoms with Crippen molar-refractivity contribution in [3.63, 3.8) is 0 Å². The fraction of sp³-hybridized carbons (Fsp3) is 0.267. The molecule has 3 aromatic rings. The maximum atomic E-state index is 13.5. The van der Waals surface area contributed by atoms with E-state index in [4.69, 9.17) is 21.1 Å². The van der Waals surface area contributed by atoms with Crippen molar-refractivity contribution in [2.75, 3.05) is 18.1 Å². The lowest BCUT2D eigenvalue weighted by Crippen LogP contribution is -2.29. The Balaban J connectivity index is 1.92. The molecule has 0 spiro atoms. The monoisotopic (exact) mass is 519 g/mol. The van der Waals surface area contributed by atoms with Gasteiger partial charge in [0.05, 0.1) is 24.8 Å². The van der Waals surface area contributed by atoms with E-state index < -0.39 is 17.7 Å². The molecule has 4 rings (SSSR count). The van der Waals surface area contributed by atoms with Gasteiger partial charge in [0.2, 0.25) is 0 Å². The number of amides is 1. The molecule has 1 atom stereocenters. The Morgan fingerprint density at radius 1 is 0.973 bits per heavy atom. The number of ether oxygens (including phenoxy) is 2. The zero-order chi connectivity index (χ0) is 26.7. The molecule has 7 heteroatoms. The highest BCUT2D eigenvalue weighted by molar-refractivity contribution is 6.51. The van der Waals surface area contributed by atoms with E-state index in [2.05, 4.69) is 0 Å². The number of rotatable bonds is 8. The maximum absolute atomic E-state index is 13.5. The Bertz CT molecular complexity index is 1350. The highest BCUT2D eigenvalue weighted by atomic mass is 35.5. The van der Waals surface area contributed by atoms with E-state index in [0.29, 0.717) is 40.8 Å². The molecule has 1 saturated heterocycles. The molecule has 6 nitrogen and oxygen atoms in total. The molecule has 1 fully saturated rings. The summed E-state index contributed by atoms with van der Waals surface area (Å²) in [6, 6.07) is 18.3. The summed E-state index contributed by atoms with van der Waals surface area (Å²) in [5.74, 6) is -0.331. The molecule has 1 aliphatic rings. The lowest BCUT2D eigenvalue weighted by atomic mass is 9.93. The largest absolute Gasteiger partial charge is 0.507 e. The maximum Gasteiger partial charge on any atom is 0.300 e. The number of aliphatic hydroxyl groups excluding tert-OH is 1. The summed E-state index contributed by atoms with van der Waals surface area (Å²) in [4.78, 5) is 28.3. The van der Waals surface area contributed by atoms with Crippen LogP contribution in [0.5, 0.6) is 11.5 Å². The van der Waals surface area contributed by atoms with Gasteiger partial charge in [-0.25, -0.2) is 0 Å². The Hall–Kier alpha value is -3.77. The smallest absolute Gasteiger partial charge is 0.300 e. The second-order valence-corrected chi connectivity index (χ2v) is 9.43. The van der Waals surface area contributed by atoms with Crippen LogP contribution in [0.25, 0.3) is 5.76 Å². The summed E-state index contributed by atoms with van der Waals surface area (Å²) in [7, 11) is 0. The first-order valence-corrected chi connectivity index (χ1v) is 12.7. The van der Waals surface area contributed by atoms with E-state index in [1.807, 2.05) is 33.8 Å². The van der Waals surface area contributed by atoms with E-state index >= 15 is 0 Å². The molecule has 1 heterocycles. The number of Topliss-reactive ketones (excluding diaryl/α,β-unsaturated/α-hetero) is 1. The van der Waals surface area contributed by atoms with E-state index in [-0.39, 0.29) is 17.3 Å². The summed E-state index contributed by atoms with van der Waals surface area (Å²) < 4.78 is 11.4. The molecule has 1 amide bonds. The molecule has 192 valence electrons. The van der Waals surface area contributed by atoms with Crippen molar-refractivity contribution < 1.29 is 24.2 Å². The van der Waals surface area contributed by atoms with Gasteiger partial charge < -0.3 is 14.6 Å². The number of ketones is 1. The van der Waals surface area contributed by atoms with Crippen molar-refractivity contribution in [1.82, 2.24) is 0 Å². The van der Waals surface area contributed by atoms with E-state index in [1.54, 1.807) is 60.7 Å². The highest BCUT2D eigenvalue weighted by Gasteiger charge is 2.47. The molecular weight excluding hydrogens is 490 g/mol. The molecule has 1 N–H and O–H groups in total. The minimum atomic E-state index is -0.858. The van der Waals surface area contributed by atoms with E-state index in [1.165, 1.54) is 4.90 Å². The standard InChI is InChI=1S/C30H30ClNO5/c1-5-36-23-9-7-8-22(17-23)32-27(19-10-13-21(31)14-11-19)26(29(34)30(32)35)28(33)20-12-15-25(37-6-2)24(16-20)18(3)4/h7-18,27,33H,5-6H2,1-4H3/b28-26-. The first-order chi connectivity index (χ1) is 17.8. The van der Waals surface area contributed by atoms with Gasteiger partial charge in [0.15, 0.2) is 0 Å². The zero-order valence-electron chi connectivity index (χ0n) is 21.3. The highest BCUT2D eigenvalue weighted by Crippen LogP contribution is 2.43. The minimum absolute atomic E-state index is 0.00741. The van der Waals surface area contributed by atoms with Gasteiger partial charge in [0.1, 0.15) is 17.3 Å². The molecule has 0 saturated carbocycles. The third-order valence-electron chi connectivity index (χ3n) is 6.24. The average molecular weight is 520 g/mol. The molecule has 0 aromatic heterocycles. The number of anilines is 1. The van der Waals surface area contributed by atoms with Crippen molar-refractivity contribution in [2.45, 2.75) is 39.7 Å². The second-order valence-electron chi connectivity index (χ2n) is 8.99. The van der Waals surface area contributed by atoms with Gasteiger partial charge in [0.25, 0.3) is 11.7 Å². The fourth-order valence-corrected chi connectivity index (χ4v) is 4.66. The minimum Gasteiger partial charge on any atom is -0.507 e. The number of nitrogens with zero attached hydrogens (tertiary/aromatic N) is 1. The summed E-state index contributed by atoms with van der Waals surface area (Å²) in [6.45, 7) is 8.80. The quantitative estimate of drug-likeness (QED) is 0.199. The third kappa shape index (κ3) is 5.20. The first-order valence-electron chi connectivity index (χ1n) is 12.3. The fourth-order valence-electron chi connectivity index (χ4n) is 4.54. The first kappa shape index (κ1) is 26.3. The molecular formula is C30H30ClNO5. The molecule has 3 aromatic carbocycles. The molecule has 37 heavy (non-hydrogen) atoms. The van der Waals surface area contributed by atoms with Crippen molar-refractivity contribution in [3.8, 4) is 11.5 Å². The number of aliphatic hydroxyl groups is 1. The Labute approximate surface area is 222 Å². The van der Waals surface area contributed by atoms with Gasteiger partial charge >= 0.3 is 0 Å². The summed E-state index contributed by atoms with van der Waals surface area (Å²) in [5.41, 5.74) is 2.47. The van der Waals surface area contributed by atoms with Crippen molar-refractivity contribution >= 4 is 34.7 Å². The van der Waals surface area contributed by atoms with E-state index in [0.717, 1.165) is 11.3 Å². The third-order valence-corrected chi connectivity index (χ3v) is 6.49. The predicted octanol–water partition coefficient (Wildman–Crippen LogP) is 6.89. The van der Waals surface area contributed by atoms with Crippen molar-refractivity contribution in [3.05, 3.63) is 94.0 Å². The predicted molar refractivity (Wildman–Crippen MR) is 146 cm³/mol. The Morgan fingerprint density at radius 2 is 1.68 bits per heavy atom. The summed E-state index contributed by atoms with van der Waals surface area (Å²) in [5, 5.41) is 12.0. The van der Waals surface area contributed by atoms with Crippen LogP contribution in [-0.2, 0) is 9.59 Å². The molecule has 0 aliphatic carbocycles. The summed E-state index contributed by atoms with van der Waals surface area (Å²) in [6.07, 6.45) is 0. The van der Waals surface area contributed by atoms with Gasteiger partial charge in [-0.05, 0) is 73.4 Å². The number of hydrogen-bond acceptors (Lipinski definition) is 5. The number of carbonyl (C=O) groups is 2. The number of hydrogen-bond donors (Lipinski definition) is 1. The van der Waals surface area contributed by atoms with Gasteiger partial charge in [-0.15, -0.1) is 0 Å². The number of benzene rings is 3. The summed E-state index contributed by atoms with van der Waals surface area (Å²) >= 11 is 6.13. The van der Waals surface area contributed by atoms with Crippen molar-refractivity contribution in [1.29, 1.82) is 0 Å². The SMILES string of the molecule is CCOc1cccc(N2C(=O)C(=O)/C(=C(\O)c3ccc(OCC)c(C(C)C)c3)C2c2ccc(Cl)cc2)c1. The van der Waals surface area contributed by atoms with Gasteiger partial charge in [-0.1, -0.05) is 43.6 Å².